The van der Waals surface area contributed by atoms with Crippen molar-refractivity contribution in [1.29, 1.82) is 0 Å². The highest BCUT2D eigenvalue weighted by molar-refractivity contribution is 7.07. The minimum atomic E-state index is -0.847. The molecule has 0 aliphatic heterocycles. The summed E-state index contributed by atoms with van der Waals surface area (Å²) in [6, 6.07) is 0. The van der Waals surface area contributed by atoms with Crippen molar-refractivity contribution in [2.45, 2.75) is 24.9 Å². The Bertz CT molecular complexity index is 165. The molecule has 2 bridgehead atoms. The van der Waals surface area contributed by atoms with Crippen LogP contribution < -0.4 is 0 Å². The predicted molar refractivity (Wildman–Crippen MR) is 48.0 cm³/mol. The van der Waals surface area contributed by atoms with Gasteiger partial charge in [0.2, 0.25) is 0 Å². The van der Waals surface area contributed by atoms with Crippen molar-refractivity contribution in [3.8, 4) is 0 Å². The topological polar surface area (TPSA) is 0 Å². The maximum atomic E-state index is 6.18. The molecule has 0 aromatic carbocycles. The van der Waals surface area contributed by atoms with E-state index in [-0.39, 0.29) is 0 Å². The van der Waals surface area contributed by atoms with Crippen molar-refractivity contribution in [1.82, 2.24) is 0 Å². The van der Waals surface area contributed by atoms with Crippen LogP contribution in [0.25, 0.3) is 0 Å². The predicted octanol–water partition coefficient (Wildman–Crippen LogP) is 2.55. The molecular weight excluding hydrogens is 160 g/mol. The number of allylic oxidation sites excluding steroid dienone is 2. The van der Waals surface area contributed by atoms with E-state index in [9.17, 15) is 0 Å². The average Bonchev–Trinajstić information content (AvgIpc) is 2.44. The summed E-state index contributed by atoms with van der Waals surface area (Å²) in [5.74, 6) is 1.79. The monoisotopic (exact) mass is 172 g/mol. The van der Waals surface area contributed by atoms with Gasteiger partial charge in [0.25, 0.3) is 0 Å². The summed E-state index contributed by atoms with van der Waals surface area (Å²) in [7, 11) is -0.847. The number of hydrogen-bond acceptors (Lipinski definition) is 0. The highest BCUT2D eigenvalue weighted by Gasteiger charge is 2.38. The Kier molecular flexibility index (Phi) is 1.65. The van der Waals surface area contributed by atoms with Gasteiger partial charge in [-0.2, -0.15) is 11.1 Å². The van der Waals surface area contributed by atoms with Crippen LogP contribution >= 0.6 is 11.1 Å². The van der Waals surface area contributed by atoms with Crippen LogP contribution in [0, 0.1) is 11.8 Å². The molecule has 0 N–H and O–H groups in total. The number of rotatable bonds is 1. The van der Waals surface area contributed by atoms with E-state index in [2.05, 4.69) is 18.7 Å². The van der Waals surface area contributed by atoms with E-state index < -0.39 is 8.11 Å². The molecule has 0 amide bonds. The van der Waals surface area contributed by atoms with Gasteiger partial charge in [0.1, 0.15) is 8.11 Å². The lowest BCUT2D eigenvalue weighted by Crippen LogP contribution is -2.13. The zero-order valence-electron chi connectivity index (χ0n) is 6.26. The van der Waals surface area contributed by atoms with Crippen molar-refractivity contribution in [2.24, 2.45) is 11.8 Å². The van der Waals surface area contributed by atoms with Crippen molar-refractivity contribution in [3.63, 3.8) is 0 Å². The summed E-state index contributed by atoms with van der Waals surface area (Å²) in [5.41, 5.74) is 0.914. The highest BCUT2D eigenvalue weighted by atomic mass is 35.6. The fourth-order valence-electron chi connectivity index (χ4n) is 2.35. The van der Waals surface area contributed by atoms with E-state index in [0.717, 1.165) is 17.4 Å². The summed E-state index contributed by atoms with van der Waals surface area (Å²) in [5, 5.41) is 0. The third-order valence-corrected chi connectivity index (χ3v) is 5.84. The first-order chi connectivity index (χ1) is 4.77. The van der Waals surface area contributed by atoms with Crippen molar-refractivity contribution < 1.29 is 0 Å². The first-order valence-corrected chi connectivity index (χ1v) is 7.66. The van der Waals surface area contributed by atoms with Gasteiger partial charge in [-0.1, -0.05) is 18.7 Å². The lowest BCUT2D eigenvalue weighted by Gasteiger charge is -2.18. The highest BCUT2D eigenvalue weighted by Crippen LogP contribution is 2.48. The lowest BCUT2D eigenvalue weighted by atomic mass is 10.1. The molecule has 2 heteroatoms. The maximum absolute atomic E-state index is 6.18. The molecule has 56 valence electrons. The fraction of sp³-hybridized carbons (Fsp3) is 0.750. The first-order valence-electron chi connectivity index (χ1n) is 4.10. The SMILES string of the molecule is C[SiH](Cl)C1CC2C=CC1C2. The van der Waals surface area contributed by atoms with E-state index >= 15 is 0 Å². The Balaban J connectivity index is 2.09. The van der Waals surface area contributed by atoms with E-state index in [0.29, 0.717) is 0 Å². The Labute approximate surface area is 68.6 Å². The molecule has 1 fully saturated rings. The largest absolute Gasteiger partial charge is 0.172 e. The second kappa shape index (κ2) is 2.38. The van der Waals surface area contributed by atoms with Crippen LogP contribution in [0.2, 0.25) is 12.1 Å². The smallest absolute Gasteiger partial charge is 0.141 e. The summed E-state index contributed by atoms with van der Waals surface area (Å²) in [6.07, 6.45) is 7.59. The molecular formula is C8H13ClSi. The van der Waals surface area contributed by atoms with E-state index in [1.807, 2.05) is 0 Å². The Morgan fingerprint density at radius 3 is 2.50 bits per heavy atom. The molecule has 0 aromatic heterocycles. The van der Waals surface area contributed by atoms with E-state index in [1.165, 1.54) is 12.8 Å². The zero-order valence-corrected chi connectivity index (χ0v) is 8.17. The van der Waals surface area contributed by atoms with Crippen LogP contribution in [0.4, 0.5) is 0 Å². The maximum Gasteiger partial charge on any atom is 0.141 e. The minimum Gasteiger partial charge on any atom is -0.172 e. The Morgan fingerprint density at radius 2 is 2.20 bits per heavy atom. The molecule has 0 radical (unpaired) electrons. The molecule has 4 unspecified atom stereocenters. The molecule has 2 aliphatic carbocycles. The third-order valence-electron chi connectivity index (χ3n) is 2.92. The quantitative estimate of drug-likeness (QED) is 0.324. The van der Waals surface area contributed by atoms with Gasteiger partial charge in [-0.3, -0.25) is 0 Å². The second-order valence-corrected chi connectivity index (χ2v) is 7.90. The summed E-state index contributed by atoms with van der Waals surface area (Å²) in [6.45, 7) is 2.26. The molecule has 0 aromatic rings. The molecule has 0 saturated heterocycles. The minimum absolute atomic E-state index is 0.847. The van der Waals surface area contributed by atoms with Crippen molar-refractivity contribution >= 4 is 19.2 Å². The molecule has 0 heterocycles. The van der Waals surface area contributed by atoms with Crippen LogP contribution in [0.3, 0.4) is 0 Å². The van der Waals surface area contributed by atoms with E-state index in [4.69, 9.17) is 11.1 Å². The molecule has 0 spiro atoms. The van der Waals surface area contributed by atoms with Crippen LogP contribution in [0.15, 0.2) is 12.2 Å². The Morgan fingerprint density at radius 1 is 1.40 bits per heavy atom. The molecule has 2 rings (SSSR count). The van der Waals surface area contributed by atoms with Gasteiger partial charge < -0.3 is 0 Å². The first kappa shape index (κ1) is 6.93. The fourth-order valence-corrected chi connectivity index (χ4v) is 4.91. The van der Waals surface area contributed by atoms with Crippen LogP contribution in [0.5, 0.6) is 0 Å². The summed E-state index contributed by atoms with van der Waals surface area (Å²) < 4.78 is 0. The van der Waals surface area contributed by atoms with Gasteiger partial charge in [0.05, 0.1) is 0 Å². The third kappa shape index (κ3) is 0.959. The molecule has 0 nitrogen and oxygen atoms in total. The van der Waals surface area contributed by atoms with Gasteiger partial charge in [-0.05, 0) is 30.2 Å². The van der Waals surface area contributed by atoms with Crippen molar-refractivity contribution in [3.05, 3.63) is 12.2 Å². The molecule has 10 heavy (non-hydrogen) atoms. The summed E-state index contributed by atoms with van der Waals surface area (Å²) in [4.78, 5) is 0. The van der Waals surface area contributed by atoms with Gasteiger partial charge >= 0.3 is 0 Å². The number of halogens is 1. The van der Waals surface area contributed by atoms with Crippen LogP contribution in [-0.4, -0.2) is 8.11 Å². The average molecular weight is 173 g/mol. The van der Waals surface area contributed by atoms with Crippen molar-refractivity contribution in [2.75, 3.05) is 0 Å². The zero-order chi connectivity index (χ0) is 7.14. The van der Waals surface area contributed by atoms with Gasteiger partial charge in [0.15, 0.2) is 0 Å². The number of fused-ring (bicyclic) bond motifs is 2. The Hall–Kier alpha value is 0.247. The molecule has 2 aliphatic rings. The molecule has 4 atom stereocenters. The van der Waals surface area contributed by atoms with Gasteiger partial charge in [-0.15, -0.1) is 0 Å². The van der Waals surface area contributed by atoms with Crippen LogP contribution in [0.1, 0.15) is 12.8 Å². The van der Waals surface area contributed by atoms with Gasteiger partial charge in [-0.25, -0.2) is 0 Å². The van der Waals surface area contributed by atoms with Gasteiger partial charge in [0, 0.05) is 0 Å². The lowest BCUT2D eigenvalue weighted by molar-refractivity contribution is 0.688. The number of hydrogen-bond donors (Lipinski definition) is 0. The standard InChI is InChI=1S/C8H13ClSi/c1-10(9)8-5-6-2-3-7(8)4-6/h2-3,6-8,10H,4-5H2,1H3. The van der Waals surface area contributed by atoms with Crippen LogP contribution in [-0.2, 0) is 0 Å². The second-order valence-electron chi connectivity index (χ2n) is 3.62. The summed E-state index contributed by atoms with van der Waals surface area (Å²) >= 11 is 6.18. The van der Waals surface area contributed by atoms with E-state index in [1.54, 1.807) is 0 Å². The molecule has 1 saturated carbocycles. The normalized spacial score (nSPS) is 46.4.